The maximum absolute atomic E-state index is 12.6. The minimum atomic E-state index is -4.43. The third-order valence-corrected chi connectivity index (χ3v) is 4.34. The zero-order chi connectivity index (χ0) is 20.4. The number of anilines is 1. The molecule has 0 fully saturated rings. The average molecular weight is 400 g/mol. The second-order valence-electron chi connectivity index (χ2n) is 6.26. The highest BCUT2D eigenvalue weighted by atomic mass is 19.4. The molecule has 148 valence electrons. The predicted molar refractivity (Wildman–Crippen MR) is 102 cm³/mol. The molecule has 4 rings (SSSR count). The van der Waals surface area contributed by atoms with E-state index in [1.165, 1.54) is 6.33 Å². The summed E-state index contributed by atoms with van der Waals surface area (Å²) in [6, 6.07) is 11.6. The van der Waals surface area contributed by atoms with Crippen molar-refractivity contribution in [3.05, 3.63) is 66.0 Å². The van der Waals surface area contributed by atoms with Crippen molar-refractivity contribution in [2.45, 2.75) is 6.18 Å². The molecule has 0 aliphatic carbocycles. The minimum Gasteiger partial charge on any atom is -0.450 e. The number of halogens is 3. The maximum atomic E-state index is 12.6. The normalized spacial score (nSPS) is 11.7. The van der Waals surface area contributed by atoms with Gasteiger partial charge in [0.15, 0.2) is 11.4 Å². The Kier molecular flexibility index (Phi) is 4.79. The zero-order valence-electron chi connectivity index (χ0n) is 15.0. The molecular weight excluding hydrogens is 385 g/mol. The van der Waals surface area contributed by atoms with Crippen LogP contribution in [0.1, 0.15) is 15.9 Å². The van der Waals surface area contributed by atoms with E-state index in [4.69, 9.17) is 4.42 Å². The molecule has 2 heterocycles. The first-order chi connectivity index (χ1) is 13.9. The molecule has 1 amide bonds. The summed E-state index contributed by atoms with van der Waals surface area (Å²) in [5, 5.41) is 6.60. The van der Waals surface area contributed by atoms with Crippen molar-refractivity contribution >= 4 is 33.8 Å². The van der Waals surface area contributed by atoms with Gasteiger partial charge in [-0.3, -0.25) is 4.79 Å². The molecule has 0 aliphatic heterocycles. The zero-order valence-corrected chi connectivity index (χ0v) is 15.0. The van der Waals surface area contributed by atoms with Gasteiger partial charge in [-0.15, -0.1) is 0 Å². The summed E-state index contributed by atoms with van der Waals surface area (Å²) in [6.45, 7) is 0.584. The Morgan fingerprint density at radius 2 is 1.76 bits per heavy atom. The predicted octanol–water partition coefficient (Wildman–Crippen LogP) is 4.24. The van der Waals surface area contributed by atoms with Gasteiger partial charge in [-0.1, -0.05) is 12.1 Å². The molecular formula is C20H15F3N4O2. The van der Waals surface area contributed by atoms with E-state index in [0.29, 0.717) is 29.0 Å². The van der Waals surface area contributed by atoms with E-state index < -0.39 is 17.6 Å². The Labute approximate surface area is 162 Å². The second-order valence-corrected chi connectivity index (χ2v) is 6.26. The quantitative estimate of drug-likeness (QED) is 0.490. The van der Waals surface area contributed by atoms with Crippen molar-refractivity contribution < 1.29 is 22.4 Å². The van der Waals surface area contributed by atoms with Gasteiger partial charge in [0.25, 0.3) is 5.91 Å². The number of hydrogen-bond acceptors (Lipinski definition) is 5. The van der Waals surface area contributed by atoms with Gasteiger partial charge in [-0.25, -0.2) is 9.97 Å². The third kappa shape index (κ3) is 3.84. The van der Waals surface area contributed by atoms with Gasteiger partial charge in [0, 0.05) is 24.0 Å². The lowest BCUT2D eigenvalue weighted by Crippen LogP contribution is -2.29. The summed E-state index contributed by atoms with van der Waals surface area (Å²) >= 11 is 0. The van der Waals surface area contributed by atoms with Crippen LogP contribution >= 0.6 is 0 Å². The van der Waals surface area contributed by atoms with E-state index in [2.05, 4.69) is 20.6 Å². The van der Waals surface area contributed by atoms with Crippen molar-refractivity contribution in [3.63, 3.8) is 0 Å². The van der Waals surface area contributed by atoms with Crippen molar-refractivity contribution in [2.75, 3.05) is 18.4 Å². The molecule has 2 aromatic heterocycles. The molecule has 0 atom stereocenters. The topological polar surface area (TPSA) is 80.0 Å². The Balaban J connectivity index is 1.38. The lowest BCUT2D eigenvalue weighted by Gasteiger charge is -2.09. The number of fused-ring (bicyclic) bond motifs is 3. The molecule has 0 saturated carbocycles. The van der Waals surface area contributed by atoms with Crippen LogP contribution in [0.15, 0.2) is 59.3 Å². The maximum Gasteiger partial charge on any atom is 0.416 e. The number of nitrogens with zero attached hydrogens (tertiary/aromatic N) is 2. The Bertz CT molecular complexity index is 1170. The number of alkyl halides is 3. The summed E-state index contributed by atoms with van der Waals surface area (Å²) in [5.41, 5.74) is 1.25. The van der Waals surface area contributed by atoms with Crippen LogP contribution < -0.4 is 10.6 Å². The van der Waals surface area contributed by atoms with Gasteiger partial charge in [-0.05, 0) is 36.4 Å². The van der Waals surface area contributed by atoms with Crippen LogP contribution in [0.4, 0.5) is 19.0 Å². The minimum absolute atomic E-state index is 0.153. The van der Waals surface area contributed by atoms with E-state index in [1.54, 1.807) is 0 Å². The fraction of sp³-hybridized carbons (Fsp3) is 0.150. The summed E-state index contributed by atoms with van der Waals surface area (Å²) in [7, 11) is 0. The van der Waals surface area contributed by atoms with Crippen LogP contribution in [0.25, 0.3) is 22.1 Å². The molecule has 9 heteroatoms. The van der Waals surface area contributed by atoms with Gasteiger partial charge in [0.2, 0.25) is 0 Å². The Morgan fingerprint density at radius 1 is 1.00 bits per heavy atom. The Morgan fingerprint density at radius 3 is 2.52 bits per heavy atom. The van der Waals surface area contributed by atoms with Gasteiger partial charge in [0.05, 0.1) is 5.56 Å². The summed E-state index contributed by atoms with van der Waals surface area (Å²) < 4.78 is 43.6. The monoisotopic (exact) mass is 400 g/mol. The molecule has 29 heavy (non-hydrogen) atoms. The number of carbonyl (C=O) groups is 1. The number of para-hydroxylation sites is 1. The van der Waals surface area contributed by atoms with Crippen molar-refractivity contribution in [1.29, 1.82) is 0 Å². The largest absolute Gasteiger partial charge is 0.450 e. The lowest BCUT2D eigenvalue weighted by molar-refractivity contribution is -0.137. The summed E-state index contributed by atoms with van der Waals surface area (Å²) in [4.78, 5) is 20.5. The molecule has 0 spiro atoms. The van der Waals surface area contributed by atoms with E-state index in [9.17, 15) is 18.0 Å². The molecule has 6 nitrogen and oxygen atoms in total. The number of hydrogen-bond donors (Lipinski definition) is 2. The van der Waals surface area contributed by atoms with Crippen LogP contribution in [-0.2, 0) is 6.18 Å². The van der Waals surface area contributed by atoms with E-state index >= 15 is 0 Å². The highest BCUT2D eigenvalue weighted by molar-refractivity contribution is 6.05. The smallest absolute Gasteiger partial charge is 0.416 e. The lowest BCUT2D eigenvalue weighted by atomic mass is 10.1. The van der Waals surface area contributed by atoms with Crippen LogP contribution in [0.5, 0.6) is 0 Å². The fourth-order valence-corrected chi connectivity index (χ4v) is 2.92. The van der Waals surface area contributed by atoms with Gasteiger partial charge in [-0.2, -0.15) is 13.2 Å². The van der Waals surface area contributed by atoms with E-state index in [-0.39, 0.29) is 12.1 Å². The number of carbonyl (C=O) groups excluding carboxylic acids is 1. The molecule has 2 N–H and O–H groups in total. The summed E-state index contributed by atoms with van der Waals surface area (Å²) in [6.07, 6.45) is -3.01. The first-order valence-corrected chi connectivity index (χ1v) is 8.75. The third-order valence-electron chi connectivity index (χ3n) is 4.34. The van der Waals surface area contributed by atoms with E-state index in [0.717, 1.165) is 29.7 Å². The molecule has 0 aliphatic rings. The van der Waals surface area contributed by atoms with Gasteiger partial charge >= 0.3 is 6.18 Å². The highest BCUT2D eigenvalue weighted by Gasteiger charge is 2.30. The van der Waals surface area contributed by atoms with Crippen molar-refractivity contribution in [2.24, 2.45) is 0 Å². The first-order valence-electron chi connectivity index (χ1n) is 8.75. The fourth-order valence-electron chi connectivity index (χ4n) is 2.92. The Hall–Kier alpha value is -3.62. The van der Waals surface area contributed by atoms with Gasteiger partial charge < -0.3 is 15.1 Å². The average Bonchev–Trinajstić information content (AvgIpc) is 3.10. The summed E-state index contributed by atoms with van der Waals surface area (Å²) in [5.74, 6) is 0.0343. The SMILES string of the molecule is O=C(NCCNc1ncnc2c1oc1ccccc12)c1ccc(C(F)(F)F)cc1. The molecule has 2 aromatic carbocycles. The number of rotatable bonds is 5. The molecule has 0 radical (unpaired) electrons. The molecule has 4 aromatic rings. The van der Waals surface area contributed by atoms with Crippen molar-refractivity contribution in [3.8, 4) is 0 Å². The highest BCUT2D eigenvalue weighted by Crippen LogP contribution is 2.30. The number of furan rings is 1. The first kappa shape index (κ1) is 18.7. The number of amides is 1. The van der Waals surface area contributed by atoms with Crippen LogP contribution in [0.3, 0.4) is 0 Å². The van der Waals surface area contributed by atoms with Crippen LogP contribution in [-0.4, -0.2) is 29.0 Å². The van der Waals surface area contributed by atoms with Gasteiger partial charge in [0.1, 0.15) is 17.4 Å². The number of benzene rings is 2. The molecule has 0 unspecified atom stereocenters. The van der Waals surface area contributed by atoms with E-state index in [1.807, 2.05) is 24.3 Å². The van der Waals surface area contributed by atoms with Crippen LogP contribution in [0, 0.1) is 0 Å². The number of aromatic nitrogens is 2. The number of nitrogens with one attached hydrogen (secondary N) is 2. The second kappa shape index (κ2) is 7.42. The standard InChI is InChI=1S/C20H15F3N4O2/c21-20(22,23)13-7-5-12(6-8-13)19(28)25-10-9-24-18-17-16(26-11-27-18)14-3-1-2-4-15(14)29-17/h1-8,11H,9-10H2,(H,25,28)(H,24,26,27). The molecule has 0 saturated heterocycles. The van der Waals surface area contributed by atoms with Crippen molar-refractivity contribution in [1.82, 2.24) is 15.3 Å². The molecule has 0 bridgehead atoms. The van der Waals surface area contributed by atoms with Crippen LogP contribution in [0.2, 0.25) is 0 Å².